The van der Waals surface area contributed by atoms with Crippen LogP contribution in [0.2, 0.25) is 0 Å². The summed E-state index contributed by atoms with van der Waals surface area (Å²) in [7, 11) is 0. The molecule has 0 atom stereocenters. The van der Waals surface area contributed by atoms with Crippen molar-refractivity contribution in [2.45, 2.75) is 0 Å². The summed E-state index contributed by atoms with van der Waals surface area (Å²) in [5.74, 6) is 0. The second kappa shape index (κ2) is 18.6. The molecular weight excluding hydrogens is 991 g/mol. The maximum atomic E-state index is 5.54. The zero-order valence-electron chi connectivity index (χ0n) is 27.0. The van der Waals surface area contributed by atoms with E-state index in [-0.39, 0.29) is 42.1 Å². The Morgan fingerprint density at radius 2 is 0.765 bits per heavy atom. The van der Waals surface area contributed by atoms with Crippen LogP contribution in [0.3, 0.4) is 0 Å². The minimum Gasteiger partial charge on any atom is -0.510 e. The number of hydrogen-bond acceptors (Lipinski definition) is 5. The van der Waals surface area contributed by atoms with Crippen molar-refractivity contribution in [3.05, 3.63) is 194 Å². The van der Waals surface area contributed by atoms with E-state index in [9.17, 15) is 0 Å². The van der Waals surface area contributed by atoms with Gasteiger partial charge in [-0.2, -0.15) is 36.4 Å². The molecule has 5 aromatic heterocycles. The second-order valence-electron chi connectivity index (χ2n) is 10.7. The van der Waals surface area contributed by atoms with Gasteiger partial charge >= 0.3 is 42.1 Å². The largest absolute Gasteiger partial charge is 2.00 e. The number of para-hydroxylation sites is 2. The Bertz CT molecular complexity index is 2110. The number of furan rings is 1. The van der Waals surface area contributed by atoms with Crippen molar-refractivity contribution in [2.24, 2.45) is 0 Å². The summed E-state index contributed by atoms with van der Waals surface area (Å²) in [5, 5.41) is 2.21. The molecule has 0 saturated carbocycles. The van der Waals surface area contributed by atoms with Gasteiger partial charge in [-0.1, -0.05) is 36.4 Å². The molecule has 9 rings (SSSR count). The van der Waals surface area contributed by atoms with Gasteiger partial charge in [-0.3, -0.25) is 19.9 Å². The molecule has 0 fully saturated rings. The minimum atomic E-state index is 0. The van der Waals surface area contributed by atoms with Gasteiger partial charge in [0.1, 0.15) is 0 Å². The first-order valence-corrected chi connectivity index (χ1v) is 15.7. The second-order valence-corrected chi connectivity index (χ2v) is 10.7. The molecule has 0 amide bonds. The molecule has 7 heteroatoms. The molecule has 0 spiro atoms. The SMILES string of the molecule is [Pt+2].[Pt+2].[c-]1cccc2c1oc1[c-]cccc12.[c-]1ccccc1-c1cccc(-c2ccccn2)n1.[c-]1ccccc1-c1cccc(-c2ccccn2)n1. The topological polar surface area (TPSA) is 64.7 Å². The third kappa shape index (κ3) is 9.46. The van der Waals surface area contributed by atoms with Crippen LogP contribution in [0.1, 0.15) is 0 Å². The predicted octanol–water partition coefficient (Wildman–Crippen LogP) is 10.4. The zero-order chi connectivity index (χ0) is 33.1. The van der Waals surface area contributed by atoms with Crippen LogP contribution in [0.5, 0.6) is 0 Å². The summed E-state index contributed by atoms with van der Waals surface area (Å²) in [6.45, 7) is 0. The molecule has 0 aliphatic heterocycles. The molecule has 0 radical (unpaired) electrons. The average molecular weight is 1020 g/mol. The molecule has 0 aliphatic rings. The van der Waals surface area contributed by atoms with Crippen molar-refractivity contribution in [1.29, 1.82) is 0 Å². The van der Waals surface area contributed by atoms with Gasteiger partial charge in [-0.15, -0.1) is 94.7 Å². The third-order valence-corrected chi connectivity index (χ3v) is 7.45. The number of hydrogen-bond donors (Lipinski definition) is 0. The Morgan fingerprint density at radius 1 is 0.353 bits per heavy atom. The number of pyridine rings is 4. The molecule has 9 aromatic rings. The maximum absolute atomic E-state index is 5.54. The van der Waals surface area contributed by atoms with Gasteiger partial charge in [0, 0.05) is 23.6 Å². The summed E-state index contributed by atoms with van der Waals surface area (Å²) < 4.78 is 5.54. The first-order chi connectivity index (χ1) is 24.3. The summed E-state index contributed by atoms with van der Waals surface area (Å²) in [5.41, 5.74) is 8.96. The van der Waals surface area contributed by atoms with Crippen LogP contribution in [-0.2, 0) is 42.1 Å². The molecule has 5 heterocycles. The van der Waals surface area contributed by atoms with Gasteiger partial charge in [0.05, 0.1) is 22.8 Å². The van der Waals surface area contributed by atoms with E-state index in [0.29, 0.717) is 0 Å². The fourth-order valence-corrected chi connectivity index (χ4v) is 5.13. The monoisotopic (exact) mass is 1020 g/mol. The molecule has 0 aliphatic carbocycles. The van der Waals surface area contributed by atoms with Crippen LogP contribution in [0, 0.1) is 24.3 Å². The Labute approximate surface area is 326 Å². The van der Waals surface area contributed by atoms with E-state index < -0.39 is 0 Å². The molecule has 51 heavy (non-hydrogen) atoms. The predicted molar refractivity (Wildman–Crippen MR) is 195 cm³/mol. The van der Waals surface area contributed by atoms with E-state index in [1.807, 2.05) is 158 Å². The number of aromatic nitrogens is 4. The quantitative estimate of drug-likeness (QED) is 0.164. The molecule has 5 nitrogen and oxygen atoms in total. The summed E-state index contributed by atoms with van der Waals surface area (Å²) in [6, 6.07) is 63.4. The van der Waals surface area contributed by atoms with E-state index in [1.165, 1.54) is 0 Å². The zero-order valence-corrected chi connectivity index (χ0v) is 31.5. The minimum absolute atomic E-state index is 0. The van der Waals surface area contributed by atoms with Crippen LogP contribution >= 0.6 is 0 Å². The smallest absolute Gasteiger partial charge is 0.510 e. The number of fused-ring (bicyclic) bond motifs is 3. The summed E-state index contributed by atoms with van der Waals surface area (Å²) >= 11 is 0. The molecule has 4 aromatic carbocycles. The Hall–Kier alpha value is -5.34. The Balaban J connectivity index is 0.000000147. The van der Waals surface area contributed by atoms with Crippen LogP contribution in [-0.4, -0.2) is 19.9 Å². The molecule has 0 unspecified atom stereocenters. The van der Waals surface area contributed by atoms with Crippen molar-refractivity contribution < 1.29 is 46.5 Å². The van der Waals surface area contributed by atoms with Crippen molar-refractivity contribution in [2.75, 3.05) is 0 Å². The van der Waals surface area contributed by atoms with Gasteiger partial charge in [-0.25, -0.2) is 0 Å². The van der Waals surface area contributed by atoms with Crippen molar-refractivity contribution in [1.82, 2.24) is 19.9 Å². The molecular formula is C44H28N4OPt2. The van der Waals surface area contributed by atoms with Crippen LogP contribution in [0.25, 0.3) is 67.2 Å². The number of rotatable bonds is 4. The van der Waals surface area contributed by atoms with Gasteiger partial charge < -0.3 is 4.42 Å². The van der Waals surface area contributed by atoms with E-state index in [0.717, 1.165) is 67.2 Å². The Kier molecular flexibility index (Phi) is 13.5. The normalized spacial score (nSPS) is 10.0. The number of nitrogens with zero attached hydrogens (tertiary/aromatic N) is 4. The summed E-state index contributed by atoms with van der Waals surface area (Å²) in [4.78, 5) is 17.9. The molecule has 0 saturated heterocycles. The fraction of sp³-hybridized carbons (Fsp3) is 0. The van der Waals surface area contributed by atoms with E-state index >= 15 is 0 Å². The maximum Gasteiger partial charge on any atom is 2.00 e. The van der Waals surface area contributed by atoms with Crippen molar-refractivity contribution in [3.63, 3.8) is 0 Å². The van der Waals surface area contributed by atoms with Crippen molar-refractivity contribution >= 4 is 21.9 Å². The summed E-state index contributed by atoms with van der Waals surface area (Å²) in [6.07, 6.45) is 3.55. The van der Waals surface area contributed by atoms with Crippen LogP contribution in [0.4, 0.5) is 0 Å². The van der Waals surface area contributed by atoms with Crippen LogP contribution in [0.15, 0.2) is 175 Å². The van der Waals surface area contributed by atoms with E-state index in [2.05, 4.69) is 44.2 Å². The number of benzene rings is 4. The standard InChI is InChI=1S/2C16H11N2.C12H6O.2Pt/c2*1-2-7-13(8-3-1)14-10-6-11-16(18-14)15-9-4-5-12-17-15;1-3-7-11-9(5-1)10-6-2-4-8-12(10)13-11;;/h2*1-7,9-12H;1-6H;;/q2*-1;-2;2*+2. The molecule has 0 N–H and O–H groups in total. The van der Waals surface area contributed by atoms with Crippen LogP contribution < -0.4 is 0 Å². The van der Waals surface area contributed by atoms with Crippen molar-refractivity contribution in [3.8, 4) is 45.3 Å². The Morgan fingerprint density at radius 3 is 1.18 bits per heavy atom. The van der Waals surface area contributed by atoms with Gasteiger partial charge in [-0.05, 0) is 47.8 Å². The third-order valence-electron chi connectivity index (χ3n) is 7.45. The average Bonchev–Trinajstić information content (AvgIpc) is 3.59. The van der Waals surface area contributed by atoms with Gasteiger partial charge in [0.15, 0.2) is 0 Å². The van der Waals surface area contributed by atoms with Gasteiger partial charge in [0.2, 0.25) is 0 Å². The first kappa shape index (κ1) is 36.9. The molecule has 0 bridgehead atoms. The van der Waals surface area contributed by atoms with Gasteiger partial charge in [0.25, 0.3) is 0 Å². The first-order valence-electron chi connectivity index (χ1n) is 15.7. The van der Waals surface area contributed by atoms with E-state index in [4.69, 9.17) is 4.42 Å². The van der Waals surface area contributed by atoms with E-state index in [1.54, 1.807) is 12.4 Å². The fourth-order valence-electron chi connectivity index (χ4n) is 5.13. The molecule has 250 valence electrons.